The average Bonchev–Trinajstić information content (AvgIpc) is 2.34. The molecular formula is C17H28N2O2. The topological polar surface area (TPSA) is 64.3 Å². The maximum Gasteiger partial charge on any atom is 0.407 e. The Balaban J connectivity index is 2.44. The van der Waals surface area contributed by atoms with Crippen LogP contribution < -0.4 is 11.1 Å². The second-order valence-electron chi connectivity index (χ2n) is 6.94. The van der Waals surface area contributed by atoms with Crippen molar-refractivity contribution in [1.29, 1.82) is 0 Å². The number of aryl methyl sites for hydroxylation is 2. The Bertz CT molecular complexity index is 476. The van der Waals surface area contributed by atoms with Gasteiger partial charge in [0.1, 0.15) is 5.60 Å². The molecule has 1 aromatic carbocycles. The molecule has 0 bridgehead atoms. The molecule has 1 rings (SSSR count). The first-order chi connectivity index (χ1) is 9.59. The van der Waals surface area contributed by atoms with Crippen molar-refractivity contribution < 1.29 is 9.53 Å². The summed E-state index contributed by atoms with van der Waals surface area (Å²) in [6.45, 7) is 9.96. The van der Waals surface area contributed by atoms with Crippen LogP contribution in [-0.4, -0.2) is 23.8 Å². The van der Waals surface area contributed by atoms with Crippen molar-refractivity contribution in [2.75, 3.05) is 6.54 Å². The summed E-state index contributed by atoms with van der Waals surface area (Å²) in [4.78, 5) is 11.6. The highest BCUT2D eigenvalue weighted by Crippen LogP contribution is 2.15. The van der Waals surface area contributed by atoms with Crippen molar-refractivity contribution in [1.82, 2.24) is 5.32 Å². The molecule has 4 nitrogen and oxygen atoms in total. The number of hydrogen-bond acceptors (Lipinski definition) is 3. The zero-order valence-corrected chi connectivity index (χ0v) is 13.8. The van der Waals surface area contributed by atoms with Crippen LogP contribution in [0.2, 0.25) is 0 Å². The summed E-state index contributed by atoms with van der Waals surface area (Å²) in [6, 6.07) is 8.29. The van der Waals surface area contributed by atoms with Crippen molar-refractivity contribution in [3.63, 3.8) is 0 Å². The third-order valence-corrected chi connectivity index (χ3v) is 3.26. The lowest BCUT2D eigenvalue weighted by atomic mass is 9.93. The first kappa shape index (κ1) is 17.5. The van der Waals surface area contributed by atoms with Gasteiger partial charge in [0.2, 0.25) is 0 Å². The highest BCUT2D eigenvalue weighted by molar-refractivity contribution is 5.67. The van der Waals surface area contributed by atoms with Crippen LogP contribution in [0, 0.1) is 6.92 Å². The number of nitrogens with two attached hydrogens (primary N) is 1. The average molecular weight is 292 g/mol. The van der Waals surface area contributed by atoms with E-state index in [0.29, 0.717) is 6.54 Å². The summed E-state index contributed by atoms with van der Waals surface area (Å²) in [5.74, 6) is 0. The normalized spacial score (nSPS) is 14.4. The van der Waals surface area contributed by atoms with Crippen LogP contribution >= 0.6 is 0 Å². The Labute approximate surface area is 128 Å². The number of amides is 1. The quantitative estimate of drug-likeness (QED) is 0.876. The molecule has 0 aliphatic heterocycles. The summed E-state index contributed by atoms with van der Waals surface area (Å²) in [5.41, 5.74) is 7.88. The molecule has 0 radical (unpaired) electrons. The van der Waals surface area contributed by atoms with Crippen molar-refractivity contribution >= 4 is 6.09 Å². The van der Waals surface area contributed by atoms with Crippen molar-refractivity contribution in [3.8, 4) is 0 Å². The third-order valence-electron chi connectivity index (χ3n) is 3.26. The molecule has 21 heavy (non-hydrogen) atoms. The fraction of sp³-hybridized carbons (Fsp3) is 0.588. The lowest BCUT2D eigenvalue weighted by Gasteiger charge is -2.27. The van der Waals surface area contributed by atoms with E-state index in [1.807, 2.05) is 39.8 Å². The van der Waals surface area contributed by atoms with E-state index < -0.39 is 17.2 Å². The Morgan fingerprint density at radius 3 is 2.43 bits per heavy atom. The minimum Gasteiger partial charge on any atom is -0.444 e. The Morgan fingerprint density at radius 1 is 1.24 bits per heavy atom. The first-order valence-corrected chi connectivity index (χ1v) is 7.39. The molecule has 0 spiro atoms. The summed E-state index contributed by atoms with van der Waals surface area (Å²) in [5, 5.41) is 2.74. The SMILES string of the molecule is Cc1ccccc1CCC(C)(N)CNC(=O)OC(C)(C)C. The monoisotopic (exact) mass is 292 g/mol. The van der Waals surface area contributed by atoms with Gasteiger partial charge in [0, 0.05) is 12.1 Å². The van der Waals surface area contributed by atoms with Gasteiger partial charge in [-0.25, -0.2) is 4.79 Å². The number of carbonyl (C=O) groups is 1. The van der Waals surface area contributed by atoms with Gasteiger partial charge in [-0.15, -0.1) is 0 Å². The number of rotatable bonds is 5. The molecule has 1 atom stereocenters. The molecule has 0 aromatic heterocycles. The largest absolute Gasteiger partial charge is 0.444 e. The Hall–Kier alpha value is -1.55. The van der Waals surface area contributed by atoms with Crippen LogP contribution in [-0.2, 0) is 11.2 Å². The van der Waals surface area contributed by atoms with Crippen LogP contribution in [0.25, 0.3) is 0 Å². The highest BCUT2D eigenvalue weighted by Gasteiger charge is 2.22. The van der Waals surface area contributed by atoms with Crippen LogP contribution in [0.5, 0.6) is 0 Å². The fourth-order valence-electron chi connectivity index (χ4n) is 1.99. The Morgan fingerprint density at radius 2 is 1.86 bits per heavy atom. The molecule has 1 amide bonds. The van der Waals surface area contributed by atoms with Crippen LogP contribution in [0.15, 0.2) is 24.3 Å². The highest BCUT2D eigenvalue weighted by atomic mass is 16.6. The van der Waals surface area contributed by atoms with E-state index in [1.54, 1.807) is 0 Å². The van der Waals surface area contributed by atoms with E-state index >= 15 is 0 Å². The van der Waals surface area contributed by atoms with Crippen LogP contribution in [0.3, 0.4) is 0 Å². The molecule has 1 unspecified atom stereocenters. The molecule has 0 aliphatic carbocycles. The van der Waals surface area contributed by atoms with E-state index in [4.69, 9.17) is 10.5 Å². The van der Waals surface area contributed by atoms with Gasteiger partial charge >= 0.3 is 6.09 Å². The standard InChI is InChI=1S/C17H28N2O2/c1-13-8-6-7-9-14(13)10-11-17(5,18)12-19-15(20)21-16(2,3)4/h6-9H,10-12,18H2,1-5H3,(H,19,20). The maximum absolute atomic E-state index is 11.6. The molecule has 0 fully saturated rings. The van der Waals surface area contributed by atoms with E-state index in [0.717, 1.165) is 12.8 Å². The van der Waals surface area contributed by atoms with Gasteiger partial charge in [-0.3, -0.25) is 0 Å². The smallest absolute Gasteiger partial charge is 0.407 e. The predicted octanol–water partition coefficient (Wildman–Crippen LogP) is 3.17. The van der Waals surface area contributed by atoms with Crippen molar-refractivity contribution in [3.05, 3.63) is 35.4 Å². The molecule has 4 heteroatoms. The number of nitrogens with one attached hydrogen (secondary N) is 1. The molecule has 118 valence electrons. The van der Waals surface area contributed by atoms with Gasteiger partial charge in [0.05, 0.1) is 0 Å². The minimum atomic E-state index is -0.490. The van der Waals surface area contributed by atoms with E-state index in [2.05, 4.69) is 24.4 Å². The van der Waals surface area contributed by atoms with Gasteiger partial charge < -0.3 is 15.8 Å². The van der Waals surface area contributed by atoms with E-state index in [9.17, 15) is 4.79 Å². The summed E-state index contributed by atoms with van der Waals surface area (Å²) in [6.07, 6.45) is 1.28. The lowest BCUT2D eigenvalue weighted by molar-refractivity contribution is 0.0515. The molecule has 0 saturated heterocycles. The number of benzene rings is 1. The van der Waals surface area contributed by atoms with E-state index in [1.165, 1.54) is 11.1 Å². The van der Waals surface area contributed by atoms with Crippen molar-refractivity contribution in [2.24, 2.45) is 5.73 Å². The van der Waals surface area contributed by atoms with E-state index in [-0.39, 0.29) is 0 Å². The molecule has 0 heterocycles. The zero-order chi connectivity index (χ0) is 16.1. The molecule has 1 aromatic rings. The minimum absolute atomic E-state index is 0.397. The van der Waals surface area contributed by atoms with Gasteiger partial charge in [-0.1, -0.05) is 24.3 Å². The second kappa shape index (κ2) is 6.94. The number of ether oxygens (including phenoxy) is 1. The number of alkyl carbamates (subject to hydrolysis) is 1. The first-order valence-electron chi connectivity index (χ1n) is 7.39. The maximum atomic E-state index is 11.6. The van der Waals surface area contributed by atoms with Crippen LogP contribution in [0.1, 0.15) is 45.2 Å². The van der Waals surface area contributed by atoms with Gasteiger partial charge in [0.25, 0.3) is 0 Å². The summed E-state index contributed by atoms with van der Waals surface area (Å²) < 4.78 is 5.21. The van der Waals surface area contributed by atoms with Gasteiger partial charge in [-0.2, -0.15) is 0 Å². The Kier molecular flexibility index (Phi) is 5.78. The number of carbonyl (C=O) groups excluding carboxylic acids is 1. The number of hydrogen-bond donors (Lipinski definition) is 2. The molecule has 0 saturated carbocycles. The summed E-state index contributed by atoms with van der Waals surface area (Å²) >= 11 is 0. The molecule has 0 aliphatic rings. The van der Waals surface area contributed by atoms with Crippen molar-refractivity contribution in [2.45, 2.75) is 58.6 Å². The zero-order valence-electron chi connectivity index (χ0n) is 13.8. The summed E-state index contributed by atoms with van der Waals surface area (Å²) in [7, 11) is 0. The van der Waals surface area contributed by atoms with Crippen LogP contribution in [0.4, 0.5) is 4.79 Å². The lowest BCUT2D eigenvalue weighted by Crippen LogP contribution is -2.49. The van der Waals surface area contributed by atoms with Gasteiger partial charge in [-0.05, 0) is 58.6 Å². The molecular weight excluding hydrogens is 264 g/mol. The fourth-order valence-corrected chi connectivity index (χ4v) is 1.99. The predicted molar refractivity (Wildman–Crippen MR) is 86.3 cm³/mol. The molecule has 3 N–H and O–H groups in total. The second-order valence-corrected chi connectivity index (χ2v) is 6.94. The third kappa shape index (κ3) is 7.14. The van der Waals surface area contributed by atoms with Gasteiger partial charge in [0.15, 0.2) is 0 Å².